The lowest BCUT2D eigenvalue weighted by atomic mass is 10.2. The summed E-state index contributed by atoms with van der Waals surface area (Å²) in [7, 11) is -3.78. The van der Waals surface area contributed by atoms with Crippen molar-refractivity contribution in [1.29, 1.82) is 0 Å². The molecule has 0 saturated carbocycles. The van der Waals surface area contributed by atoms with E-state index in [1.54, 1.807) is 0 Å². The molecule has 0 aromatic rings. The van der Waals surface area contributed by atoms with Gasteiger partial charge in [0.2, 0.25) is 0 Å². The highest BCUT2D eigenvalue weighted by molar-refractivity contribution is 6.74. The van der Waals surface area contributed by atoms with Gasteiger partial charge < -0.3 is 18.3 Å². The van der Waals surface area contributed by atoms with E-state index in [-0.39, 0.29) is 28.6 Å². The highest BCUT2D eigenvalue weighted by Gasteiger charge is 2.39. The second-order valence-electron chi connectivity index (χ2n) is 13.6. The molecular formula is C36H56O4Si2. The molecule has 1 aliphatic rings. The van der Waals surface area contributed by atoms with Gasteiger partial charge in [-0.05, 0) is 67.0 Å². The molecule has 1 fully saturated rings. The Morgan fingerprint density at radius 2 is 1.19 bits per heavy atom. The van der Waals surface area contributed by atoms with E-state index in [0.29, 0.717) is 32.5 Å². The summed E-state index contributed by atoms with van der Waals surface area (Å²) in [6.45, 7) is 26.2. The number of hydrogen-bond donors (Lipinski definition) is 0. The molecule has 1 rings (SSSR count). The van der Waals surface area contributed by atoms with Gasteiger partial charge in [0, 0.05) is 19.3 Å². The van der Waals surface area contributed by atoms with Crippen molar-refractivity contribution in [1.82, 2.24) is 0 Å². The molecule has 0 unspecified atom stereocenters. The van der Waals surface area contributed by atoms with Crippen LogP contribution >= 0.6 is 0 Å². The molecule has 0 N–H and O–H groups in total. The molecule has 2 atom stereocenters. The maximum atomic E-state index is 6.66. The van der Waals surface area contributed by atoms with Gasteiger partial charge in [0.15, 0.2) is 22.9 Å². The Bertz CT molecular complexity index is 1120. The van der Waals surface area contributed by atoms with Crippen LogP contribution in [0.5, 0.6) is 0 Å². The summed E-state index contributed by atoms with van der Waals surface area (Å²) in [6, 6.07) is 0. The van der Waals surface area contributed by atoms with Crippen LogP contribution in [-0.2, 0) is 18.3 Å². The zero-order valence-corrected chi connectivity index (χ0v) is 30.3. The van der Waals surface area contributed by atoms with Crippen molar-refractivity contribution in [3.8, 4) is 47.4 Å². The average molecular weight is 609 g/mol. The minimum absolute atomic E-state index is 0.0875. The van der Waals surface area contributed by atoms with Gasteiger partial charge in [0.05, 0.1) is 38.3 Å². The Balaban J connectivity index is 2.70. The van der Waals surface area contributed by atoms with Gasteiger partial charge in [0.1, 0.15) is 0 Å². The third kappa shape index (κ3) is 15.5. The number of allylic oxidation sites excluding steroid dienone is 2. The smallest absolute Gasteiger partial charge is 0.192 e. The van der Waals surface area contributed by atoms with E-state index in [9.17, 15) is 0 Å². The third-order valence-electron chi connectivity index (χ3n) is 8.00. The molecule has 232 valence electrons. The van der Waals surface area contributed by atoms with E-state index >= 15 is 0 Å². The monoisotopic (exact) mass is 608 g/mol. The summed E-state index contributed by atoms with van der Waals surface area (Å²) in [5.74, 6) is 25.1. The molecule has 0 aromatic heterocycles. The van der Waals surface area contributed by atoms with E-state index in [2.05, 4.69) is 128 Å². The molecule has 0 aromatic carbocycles. The van der Waals surface area contributed by atoms with E-state index in [0.717, 1.165) is 19.3 Å². The predicted molar refractivity (Wildman–Crippen MR) is 183 cm³/mol. The fourth-order valence-corrected chi connectivity index (χ4v) is 5.91. The van der Waals surface area contributed by atoms with Gasteiger partial charge in [-0.25, -0.2) is 0 Å². The number of hydrogen-bond acceptors (Lipinski definition) is 4. The van der Waals surface area contributed by atoms with Crippen molar-refractivity contribution in [2.24, 2.45) is 0 Å². The van der Waals surface area contributed by atoms with Crippen LogP contribution < -0.4 is 0 Å². The van der Waals surface area contributed by atoms with E-state index in [4.69, 9.17) is 18.3 Å². The summed E-state index contributed by atoms with van der Waals surface area (Å²) < 4.78 is 24.0. The van der Waals surface area contributed by atoms with Gasteiger partial charge in [-0.1, -0.05) is 89.9 Å². The zero-order valence-electron chi connectivity index (χ0n) is 28.3. The van der Waals surface area contributed by atoms with Crippen LogP contribution in [0.15, 0.2) is 24.3 Å². The van der Waals surface area contributed by atoms with Gasteiger partial charge in [-0.2, -0.15) is 0 Å². The highest BCUT2D eigenvalue weighted by atomic mass is 28.4. The topological polar surface area (TPSA) is 36.9 Å². The number of ether oxygens (including phenoxy) is 2. The summed E-state index contributed by atoms with van der Waals surface area (Å²) in [6.07, 6.45) is 12.1. The average Bonchev–Trinajstić information content (AvgIpc) is 3.40. The zero-order chi connectivity index (χ0) is 31.7. The van der Waals surface area contributed by atoms with Gasteiger partial charge in [0.25, 0.3) is 0 Å². The largest absolute Gasteiger partial charge is 0.411 e. The van der Waals surface area contributed by atoms with E-state index in [1.807, 2.05) is 18.2 Å². The van der Waals surface area contributed by atoms with Crippen molar-refractivity contribution in [3.05, 3.63) is 24.3 Å². The minimum atomic E-state index is -1.96. The molecule has 1 heterocycles. The van der Waals surface area contributed by atoms with Gasteiger partial charge in [-0.15, -0.1) is 5.92 Å². The van der Waals surface area contributed by atoms with Crippen LogP contribution in [0.4, 0.5) is 0 Å². The number of rotatable bonds is 10. The maximum Gasteiger partial charge on any atom is 0.192 e. The SMILES string of the molecule is CC[C@H](/C=C/C#CC[C@@H](/C=C/C#CCC#CCC#CCCC1OCCO1)O[Si](C)(C)C(C)(C)C)O[Si](C)(C)C(C)(C)C. The standard InChI is InChI=1S/C36H56O4Si2/c1-12-32(39-41(8,9)35(2,3)4)26-23-21-24-28-33(40-42(10,11)36(5,6)7)27-22-19-17-15-13-14-16-18-20-25-29-34-37-30-31-38-34/h22-23,26-27,32-34H,12,15-16,25,28-31H2,1-11H3/b26-23+,27-22+/t32-,33-/m1/s1. The molecule has 0 radical (unpaired) electrons. The van der Waals surface area contributed by atoms with Gasteiger partial charge in [-0.3, -0.25) is 0 Å². The first-order valence-electron chi connectivity index (χ1n) is 15.4. The molecule has 4 nitrogen and oxygen atoms in total. The van der Waals surface area contributed by atoms with Gasteiger partial charge >= 0.3 is 0 Å². The normalized spacial score (nSPS) is 16.1. The Morgan fingerprint density at radius 3 is 1.74 bits per heavy atom. The fourth-order valence-electron chi connectivity index (χ4n) is 3.29. The molecule has 1 aliphatic heterocycles. The van der Waals surface area contributed by atoms with Crippen LogP contribution in [0.25, 0.3) is 0 Å². The van der Waals surface area contributed by atoms with Crippen LogP contribution in [0, 0.1) is 47.4 Å². The Morgan fingerprint density at radius 1 is 0.714 bits per heavy atom. The highest BCUT2D eigenvalue weighted by Crippen LogP contribution is 2.38. The molecule has 0 spiro atoms. The first kappa shape index (κ1) is 38.0. The summed E-state index contributed by atoms with van der Waals surface area (Å²) in [4.78, 5) is 0. The lowest BCUT2D eigenvalue weighted by Crippen LogP contribution is -2.43. The fraction of sp³-hybridized carbons (Fsp3) is 0.667. The molecule has 6 heteroatoms. The van der Waals surface area contributed by atoms with Crippen molar-refractivity contribution in [3.63, 3.8) is 0 Å². The van der Waals surface area contributed by atoms with Crippen LogP contribution in [0.3, 0.4) is 0 Å². The Hall–Kier alpha value is -2.01. The third-order valence-corrected chi connectivity index (χ3v) is 17.0. The molecule has 42 heavy (non-hydrogen) atoms. The lowest BCUT2D eigenvalue weighted by Gasteiger charge is -2.38. The maximum absolute atomic E-state index is 6.66. The van der Waals surface area contributed by atoms with Crippen molar-refractivity contribution < 1.29 is 18.3 Å². The summed E-state index contributed by atoms with van der Waals surface area (Å²) >= 11 is 0. The summed E-state index contributed by atoms with van der Waals surface area (Å²) in [5, 5.41) is 0.301. The molecule has 0 bridgehead atoms. The first-order valence-corrected chi connectivity index (χ1v) is 21.2. The van der Waals surface area contributed by atoms with Crippen molar-refractivity contribution >= 4 is 16.6 Å². The van der Waals surface area contributed by atoms with E-state index < -0.39 is 16.6 Å². The molecular weight excluding hydrogens is 553 g/mol. The summed E-state index contributed by atoms with van der Waals surface area (Å²) in [5.41, 5.74) is 0. The predicted octanol–water partition coefficient (Wildman–Crippen LogP) is 8.63. The minimum Gasteiger partial charge on any atom is -0.411 e. The molecule has 0 aliphatic carbocycles. The second kappa shape index (κ2) is 18.6. The molecule has 0 amide bonds. The quantitative estimate of drug-likeness (QED) is 0.184. The van der Waals surface area contributed by atoms with Crippen LogP contribution in [0.1, 0.15) is 87.0 Å². The molecule has 1 saturated heterocycles. The second-order valence-corrected chi connectivity index (χ2v) is 23.1. The van der Waals surface area contributed by atoms with Crippen molar-refractivity contribution in [2.45, 2.75) is 142 Å². The van der Waals surface area contributed by atoms with Crippen LogP contribution in [-0.4, -0.2) is 48.3 Å². The first-order chi connectivity index (χ1) is 19.6. The Labute approximate surface area is 261 Å². The lowest BCUT2D eigenvalue weighted by molar-refractivity contribution is -0.0454. The Kier molecular flexibility index (Phi) is 16.8. The van der Waals surface area contributed by atoms with Crippen LogP contribution in [0.2, 0.25) is 36.3 Å². The van der Waals surface area contributed by atoms with E-state index in [1.165, 1.54) is 0 Å². The van der Waals surface area contributed by atoms with Crippen molar-refractivity contribution in [2.75, 3.05) is 13.2 Å².